The smallest absolute Gasteiger partial charge is 0.341 e. The number of aliphatic carboxylic acids is 1. The zero-order chi connectivity index (χ0) is 17.9. The molecule has 2 aromatic rings. The first-order valence-electron chi connectivity index (χ1n) is 7.89. The Bertz CT molecular complexity index is 810. The van der Waals surface area contributed by atoms with E-state index in [4.69, 9.17) is 9.84 Å². The first kappa shape index (κ1) is 17.4. The van der Waals surface area contributed by atoms with Gasteiger partial charge in [0, 0.05) is 31.5 Å². The number of carboxylic acids is 1. The summed E-state index contributed by atoms with van der Waals surface area (Å²) in [6.45, 7) is 0.429. The van der Waals surface area contributed by atoms with Gasteiger partial charge in [0.2, 0.25) is 10.0 Å². The van der Waals surface area contributed by atoms with Crippen LogP contribution < -0.4 is 4.74 Å². The summed E-state index contributed by atoms with van der Waals surface area (Å²) in [6, 6.07) is 6.08. The maximum absolute atomic E-state index is 12.7. The van der Waals surface area contributed by atoms with Gasteiger partial charge in [-0.3, -0.25) is 0 Å². The number of hydrogen-bond acceptors (Lipinski definition) is 5. The Morgan fingerprint density at radius 1 is 1.24 bits per heavy atom. The van der Waals surface area contributed by atoms with Gasteiger partial charge in [0.1, 0.15) is 5.75 Å². The molecule has 2 heterocycles. The lowest BCUT2D eigenvalue weighted by atomic mass is 10.1. The number of benzene rings is 1. The van der Waals surface area contributed by atoms with Gasteiger partial charge >= 0.3 is 5.97 Å². The molecule has 0 amide bonds. The molecule has 1 saturated heterocycles. The minimum absolute atomic E-state index is 0.177. The molecule has 1 aliphatic rings. The number of carbonyl (C=O) groups is 1. The molecule has 1 aromatic heterocycles. The minimum atomic E-state index is -3.57. The molecule has 9 heteroatoms. The van der Waals surface area contributed by atoms with E-state index in [2.05, 4.69) is 4.98 Å². The molecule has 0 saturated carbocycles. The van der Waals surface area contributed by atoms with E-state index in [1.54, 1.807) is 12.5 Å². The zero-order valence-corrected chi connectivity index (χ0v) is 14.3. The number of sulfonamides is 1. The molecule has 8 nitrogen and oxygen atoms in total. The van der Waals surface area contributed by atoms with Crippen LogP contribution in [-0.4, -0.2) is 53.0 Å². The van der Waals surface area contributed by atoms with Gasteiger partial charge in [-0.15, -0.1) is 0 Å². The molecule has 0 atom stereocenters. The van der Waals surface area contributed by atoms with Crippen molar-refractivity contribution in [3.63, 3.8) is 0 Å². The van der Waals surface area contributed by atoms with Gasteiger partial charge in [-0.1, -0.05) is 0 Å². The lowest BCUT2D eigenvalue weighted by Gasteiger charge is -2.31. The van der Waals surface area contributed by atoms with Crippen molar-refractivity contribution in [2.75, 3.05) is 19.7 Å². The summed E-state index contributed by atoms with van der Waals surface area (Å²) in [5.41, 5.74) is 0. The highest BCUT2D eigenvalue weighted by molar-refractivity contribution is 7.89. The monoisotopic (exact) mass is 365 g/mol. The number of piperidine rings is 1. The van der Waals surface area contributed by atoms with E-state index < -0.39 is 22.6 Å². The van der Waals surface area contributed by atoms with Gasteiger partial charge in [-0.2, -0.15) is 4.31 Å². The van der Waals surface area contributed by atoms with Crippen LogP contribution in [0.5, 0.6) is 5.75 Å². The maximum Gasteiger partial charge on any atom is 0.341 e. The van der Waals surface area contributed by atoms with E-state index in [1.807, 2.05) is 10.8 Å². The van der Waals surface area contributed by atoms with Crippen molar-refractivity contribution in [3.8, 4) is 5.75 Å². The number of carboxylic acid groups (broad SMARTS) is 1. The second-order valence-electron chi connectivity index (χ2n) is 5.80. The van der Waals surface area contributed by atoms with Crippen molar-refractivity contribution < 1.29 is 23.1 Å². The molecular formula is C16H19N3O5S. The van der Waals surface area contributed by atoms with Crippen LogP contribution in [0.2, 0.25) is 0 Å². The van der Waals surface area contributed by atoms with Gasteiger partial charge in [-0.25, -0.2) is 18.2 Å². The summed E-state index contributed by atoms with van der Waals surface area (Å²) >= 11 is 0. The normalized spacial score (nSPS) is 16.6. The van der Waals surface area contributed by atoms with Crippen LogP contribution in [0.15, 0.2) is 47.9 Å². The highest BCUT2D eigenvalue weighted by Gasteiger charge is 2.29. The van der Waals surface area contributed by atoms with Crippen LogP contribution in [-0.2, 0) is 14.8 Å². The Morgan fingerprint density at radius 2 is 1.92 bits per heavy atom. The molecular weight excluding hydrogens is 346 g/mol. The molecule has 0 aliphatic carbocycles. The van der Waals surface area contributed by atoms with Crippen LogP contribution in [0.25, 0.3) is 0 Å². The quantitative estimate of drug-likeness (QED) is 0.830. The summed E-state index contributed by atoms with van der Waals surface area (Å²) in [5, 5.41) is 8.59. The van der Waals surface area contributed by atoms with E-state index in [0.717, 1.165) is 12.8 Å². The summed E-state index contributed by atoms with van der Waals surface area (Å²) in [6.07, 6.45) is 6.83. The lowest BCUT2D eigenvalue weighted by Crippen LogP contribution is -2.38. The van der Waals surface area contributed by atoms with Crippen LogP contribution >= 0.6 is 0 Å². The second-order valence-corrected chi connectivity index (χ2v) is 7.74. The first-order valence-corrected chi connectivity index (χ1v) is 9.33. The average molecular weight is 365 g/mol. The molecule has 0 bridgehead atoms. The van der Waals surface area contributed by atoms with Gasteiger partial charge in [-0.05, 0) is 37.1 Å². The Morgan fingerprint density at radius 3 is 2.48 bits per heavy atom. The van der Waals surface area contributed by atoms with E-state index in [9.17, 15) is 13.2 Å². The van der Waals surface area contributed by atoms with E-state index in [-0.39, 0.29) is 10.9 Å². The second kappa shape index (κ2) is 7.24. The molecule has 134 valence electrons. The van der Waals surface area contributed by atoms with Gasteiger partial charge in [0.25, 0.3) is 0 Å². The zero-order valence-electron chi connectivity index (χ0n) is 13.5. The number of hydrogen-bond donors (Lipinski definition) is 1. The van der Waals surface area contributed by atoms with Crippen LogP contribution in [0.3, 0.4) is 0 Å². The molecule has 1 aromatic carbocycles. The highest BCUT2D eigenvalue weighted by atomic mass is 32.2. The SMILES string of the molecule is O=C(O)COc1ccc(S(=O)(=O)N2CCC(n3ccnc3)CC2)cc1. The number of rotatable bonds is 6. The fraction of sp³-hybridized carbons (Fsp3) is 0.375. The summed E-state index contributed by atoms with van der Waals surface area (Å²) in [7, 11) is -3.57. The Hall–Kier alpha value is -2.39. The number of aromatic nitrogens is 2. The average Bonchev–Trinajstić information content (AvgIpc) is 3.15. The predicted molar refractivity (Wildman–Crippen MR) is 88.8 cm³/mol. The molecule has 1 fully saturated rings. The summed E-state index contributed by atoms with van der Waals surface area (Å²) in [4.78, 5) is 14.7. The Balaban J connectivity index is 1.64. The molecule has 0 unspecified atom stereocenters. The van der Waals surface area contributed by atoms with Crippen LogP contribution in [0, 0.1) is 0 Å². The van der Waals surface area contributed by atoms with Crippen molar-refractivity contribution in [3.05, 3.63) is 43.0 Å². The topological polar surface area (TPSA) is 102 Å². The largest absolute Gasteiger partial charge is 0.482 e. The molecule has 3 rings (SSSR count). The summed E-state index contributed by atoms with van der Waals surface area (Å²) < 4.78 is 34.0. The number of ether oxygens (including phenoxy) is 1. The number of imidazole rings is 1. The number of nitrogens with zero attached hydrogens (tertiary/aromatic N) is 3. The van der Waals surface area contributed by atoms with Gasteiger partial charge < -0.3 is 14.4 Å². The van der Waals surface area contributed by atoms with Crippen molar-refractivity contribution in [1.29, 1.82) is 0 Å². The molecule has 0 spiro atoms. The molecule has 1 aliphatic heterocycles. The van der Waals surface area contributed by atoms with Crippen molar-refractivity contribution in [2.24, 2.45) is 0 Å². The minimum Gasteiger partial charge on any atom is -0.482 e. The van der Waals surface area contributed by atoms with Gasteiger partial charge in [0.05, 0.1) is 11.2 Å². The Labute approximate surface area is 145 Å². The third-order valence-corrected chi connectivity index (χ3v) is 6.11. The Kier molecular flexibility index (Phi) is 5.05. The van der Waals surface area contributed by atoms with E-state index in [0.29, 0.717) is 18.8 Å². The lowest BCUT2D eigenvalue weighted by molar-refractivity contribution is -0.139. The van der Waals surface area contributed by atoms with E-state index in [1.165, 1.54) is 28.6 Å². The predicted octanol–water partition coefficient (Wildman–Crippen LogP) is 1.37. The summed E-state index contributed by atoms with van der Waals surface area (Å²) in [5.74, 6) is -0.766. The van der Waals surface area contributed by atoms with Crippen molar-refractivity contribution in [2.45, 2.75) is 23.8 Å². The van der Waals surface area contributed by atoms with Crippen LogP contribution in [0.4, 0.5) is 0 Å². The molecule has 25 heavy (non-hydrogen) atoms. The van der Waals surface area contributed by atoms with Gasteiger partial charge in [0.15, 0.2) is 6.61 Å². The van der Waals surface area contributed by atoms with Crippen molar-refractivity contribution in [1.82, 2.24) is 13.9 Å². The molecule has 0 radical (unpaired) electrons. The van der Waals surface area contributed by atoms with Crippen LogP contribution in [0.1, 0.15) is 18.9 Å². The van der Waals surface area contributed by atoms with E-state index >= 15 is 0 Å². The fourth-order valence-corrected chi connectivity index (χ4v) is 4.34. The third-order valence-electron chi connectivity index (χ3n) is 4.19. The van der Waals surface area contributed by atoms with Crippen molar-refractivity contribution >= 4 is 16.0 Å². The molecule has 1 N–H and O–H groups in total. The first-order chi connectivity index (χ1) is 12.0. The third kappa shape index (κ3) is 3.99. The maximum atomic E-state index is 12.7. The standard InChI is InChI=1S/C16H19N3O5S/c20-16(21)11-24-14-1-3-15(4-2-14)25(22,23)19-8-5-13(6-9-19)18-10-7-17-12-18/h1-4,7,10,12-13H,5-6,8-9,11H2,(H,20,21). The highest BCUT2D eigenvalue weighted by Crippen LogP contribution is 2.27. The fourth-order valence-electron chi connectivity index (χ4n) is 2.87.